The predicted molar refractivity (Wildman–Crippen MR) is 78.5 cm³/mol. The molecule has 96 valence electrons. The van der Waals surface area contributed by atoms with E-state index in [2.05, 4.69) is 43.8 Å². The van der Waals surface area contributed by atoms with Crippen molar-refractivity contribution < 1.29 is 14.7 Å². The van der Waals surface area contributed by atoms with Gasteiger partial charge in [-0.2, -0.15) is 0 Å². The van der Waals surface area contributed by atoms with Crippen molar-refractivity contribution in [1.29, 1.82) is 0 Å². The van der Waals surface area contributed by atoms with Gasteiger partial charge >= 0.3 is 5.97 Å². The van der Waals surface area contributed by atoms with Crippen LogP contribution in [0.1, 0.15) is 29.6 Å². The molecule has 1 aromatic rings. The van der Waals surface area contributed by atoms with Crippen LogP contribution in [0.25, 0.3) is 0 Å². The van der Waals surface area contributed by atoms with E-state index >= 15 is 0 Å². The van der Waals surface area contributed by atoms with E-state index in [1.165, 1.54) is 0 Å². The number of carboxylic acids is 1. The molecule has 2 rings (SSSR count). The maximum atomic E-state index is 12.1. The molecule has 1 saturated carbocycles. The first-order valence-corrected chi connectivity index (χ1v) is 7.33. The molecule has 1 fully saturated rings. The lowest BCUT2D eigenvalue weighted by atomic mass is 9.76. The predicted octanol–water partition coefficient (Wildman–Crippen LogP) is 2.79. The molecule has 0 heterocycles. The van der Waals surface area contributed by atoms with Gasteiger partial charge in [0, 0.05) is 8.04 Å². The number of hydrogen-bond acceptors (Lipinski definition) is 2. The zero-order valence-corrected chi connectivity index (χ0v) is 13.1. The van der Waals surface area contributed by atoms with Gasteiger partial charge < -0.3 is 10.4 Å². The second kappa shape index (κ2) is 5.16. The van der Waals surface area contributed by atoms with E-state index in [9.17, 15) is 14.7 Å². The fraction of sp³-hybridized carbons (Fsp3) is 0.333. The molecule has 0 saturated heterocycles. The molecule has 0 radical (unpaired) electrons. The van der Waals surface area contributed by atoms with Gasteiger partial charge in [0.15, 0.2) is 0 Å². The molecule has 1 aromatic carbocycles. The summed E-state index contributed by atoms with van der Waals surface area (Å²) < 4.78 is 1.60. The molecule has 0 atom stereocenters. The average molecular weight is 424 g/mol. The first-order chi connectivity index (χ1) is 8.44. The topological polar surface area (TPSA) is 66.4 Å². The number of carboxylic acid groups (broad SMARTS) is 1. The average Bonchev–Trinajstić information content (AvgIpc) is 2.26. The first-order valence-electron chi connectivity index (χ1n) is 5.45. The molecule has 1 aliphatic rings. The number of amides is 1. The minimum Gasteiger partial charge on any atom is -0.480 e. The Bertz CT molecular complexity index is 514. The quantitative estimate of drug-likeness (QED) is 0.734. The van der Waals surface area contributed by atoms with E-state index in [1.54, 1.807) is 12.1 Å². The minimum absolute atomic E-state index is 0.345. The van der Waals surface area contributed by atoms with Crippen molar-refractivity contribution in [3.05, 3.63) is 31.8 Å². The summed E-state index contributed by atoms with van der Waals surface area (Å²) in [5.74, 6) is -1.30. The number of rotatable bonds is 3. The van der Waals surface area contributed by atoms with Crippen molar-refractivity contribution in [2.24, 2.45) is 0 Å². The third-order valence-electron chi connectivity index (χ3n) is 3.14. The molecule has 0 spiro atoms. The summed E-state index contributed by atoms with van der Waals surface area (Å²) in [7, 11) is 0. The molecule has 18 heavy (non-hydrogen) atoms. The van der Waals surface area contributed by atoms with Crippen LogP contribution >= 0.6 is 38.5 Å². The van der Waals surface area contributed by atoms with Crippen LogP contribution in [0.3, 0.4) is 0 Å². The minimum atomic E-state index is -1.07. The van der Waals surface area contributed by atoms with Crippen LogP contribution in [-0.4, -0.2) is 22.5 Å². The van der Waals surface area contributed by atoms with Crippen LogP contribution in [0.15, 0.2) is 22.7 Å². The van der Waals surface area contributed by atoms with Crippen LogP contribution in [0.4, 0.5) is 0 Å². The van der Waals surface area contributed by atoms with E-state index in [-0.39, 0.29) is 5.91 Å². The van der Waals surface area contributed by atoms with Crippen molar-refractivity contribution in [2.75, 3.05) is 0 Å². The number of benzene rings is 1. The molecule has 4 nitrogen and oxygen atoms in total. The van der Waals surface area contributed by atoms with Crippen molar-refractivity contribution in [1.82, 2.24) is 5.32 Å². The Labute approximate surface area is 126 Å². The number of carbonyl (C=O) groups is 2. The molecular formula is C12H11BrINO3. The van der Waals surface area contributed by atoms with Crippen LogP contribution in [0.5, 0.6) is 0 Å². The zero-order chi connectivity index (χ0) is 13.3. The Morgan fingerprint density at radius 1 is 1.39 bits per heavy atom. The molecule has 2 N–H and O–H groups in total. The number of carbonyl (C=O) groups excluding carboxylic acids is 1. The van der Waals surface area contributed by atoms with Gasteiger partial charge in [-0.05, 0) is 76.0 Å². The van der Waals surface area contributed by atoms with Gasteiger partial charge in [0.25, 0.3) is 5.91 Å². The summed E-state index contributed by atoms with van der Waals surface area (Å²) in [5.41, 5.74) is -0.605. The molecule has 0 unspecified atom stereocenters. The molecule has 1 amide bonds. The summed E-state index contributed by atoms with van der Waals surface area (Å²) in [6.07, 6.45) is 1.82. The molecule has 1 aliphatic carbocycles. The van der Waals surface area contributed by atoms with Gasteiger partial charge in [-0.25, -0.2) is 4.79 Å². The van der Waals surface area contributed by atoms with Crippen molar-refractivity contribution >= 4 is 50.4 Å². The largest absolute Gasteiger partial charge is 0.480 e. The van der Waals surface area contributed by atoms with Gasteiger partial charge in [0.1, 0.15) is 5.54 Å². The standard InChI is InChI=1S/C12H11BrINO3/c13-9-3-2-7(14)6-8(9)10(16)15-12(11(17)18)4-1-5-12/h2-3,6H,1,4-5H2,(H,15,16)(H,17,18). The van der Waals surface area contributed by atoms with Crippen LogP contribution in [0.2, 0.25) is 0 Å². The molecule has 0 bridgehead atoms. The summed E-state index contributed by atoms with van der Waals surface area (Å²) >= 11 is 5.42. The summed E-state index contributed by atoms with van der Waals surface area (Å²) in [6.45, 7) is 0. The monoisotopic (exact) mass is 423 g/mol. The Kier molecular flexibility index (Phi) is 3.96. The Morgan fingerprint density at radius 2 is 2.06 bits per heavy atom. The normalized spacial score (nSPS) is 16.8. The highest BCUT2D eigenvalue weighted by Gasteiger charge is 2.45. The van der Waals surface area contributed by atoms with Crippen molar-refractivity contribution in [3.8, 4) is 0 Å². The third-order valence-corrected chi connectivity index (χ3v) is 4.50. The summed E-state index contributed by atoms with van der Waals surface area (Å²) in [5, 5.41) is 11.8. The lowest BCUT2D eigenvalue weighted by molar-refractivity contribution is -0.148. The van der Waals surface area contributed by atoms with Crippen LogP contribution < -0.4 is 5.32 Å². The van der Waals surface area contributed by atoms with Crippen molar-refractivity contribution in [2.45, 2.75) is 24.8 Å². The van der Waals surface area contributed by atoms with Crippen molar-refractivity contribution in [3.63, 3.8) is 0 Å². The third kappa shape index (κ3) is 2.54. The van der Waals surface area contributed by atoms with Gasteiger partial charge in [0.05, 0.1) is 5.56 Å². The SMILES string of the molecule is O=C(NC1(C(=O)O)CCC1)c1cc(I)ccc1Br. The van der Waals surface area contributed by atoms with E-state index in [0.29, 0.717) is 22.9 Å². The Hall–Kier alpha value is -0.630. The highest BCUT2D eigenvalue weighted by Crippen LogP contribution is 2.33. The molecular weight excluding hydrogens is 413 g/mol. The second-order valence-electron chi connectivity index (χ2n) is 4.32. The fourth-order valence-corrected chi connectivity index (χ4v) is 2.80. The number of hydrogen-bond donors (Lipinski definition) is 2. The van der Waals surface area contributed by atoms with Gasteiger partial charge in [-0.15, -0.1) is 0 Å². The number of halogens is 2. The molecule has 0 aliphatic heterocycles. The Morgan fingerprint density at radius 3 is 2.56 bits per heavy atom. The number of aliphatic carboxylic acids is 1. The van der Waals surface area contributed by atoms with E-state index in [4.69, 9.17) is 0 Å². The van der Waals surface area contributed by atoms with Gasteiger partial charge in [-0.3, -0.25) is 4.79 Å². The maximum absolute atomic E-state index is 12.1. The maximum Gasteiger partial charge on any atom is 0.329 e. The van der Waals surface area contributed by atoms with Crippen LogP contribution in [0, 0.1) is 3.57 Å². The van der Waals surface area contributed by atoms with Crippen LogP contribution in [-0.2, 0) is 4.79 Å². The summed E-state index contributed by atoms with van der Waals surface area (Å²) in [4.78, 5) is 23.3. The van der Waals surface area contributed by atoms with Gasteiger partial charge in [-0.1, -0.05) is 0 Å². The summed E-state index contributed by atoms with van der Waals surface area (Å²) in [6, 6.07) is 5.39. The highest BCUT2D eigenvalue weighted by atomic mass is 127. The molecule has 0 aromatic heterocycles. The second-order valence-corrected chi connectivity index (χ2v) is 6.42. The van der Waals surface area contributed by atoms with E-state index in [1.807, 2.05) is 6.07 Å². The lowest BCUT2D eigenvalue weighted by Gasteiger charge is -2.38. The zero-order valence-electron chi connectivity index (χ0n) is 9.37. The number of nitrogens with one attached hydrogen (secondary N) is 1. The highest BCUT2D eigenvalue weighted by molar-refractivity contribution is 14.1. The first kappa shape index (κ1) is 13.8. The molecule has 6 heteroatoms. The Balaban J connectivity index is 2.22. The van der Waals surface area contributed by atoms with E-state index in [0.717, 1.165) is 9.99 Å². The lowest BCUT2D eigenvalue weighted by Crippen LogP contribution is -2.59. The van der Waals surface area contributed by atoms with E-state index < -0.39 is 11.5 Å². The smallest absolute Gasteiger partial charge is 0.329 e. The van der Waals surface area contributed by atoms with Gasteiger partial charge in [0.2, 0.25) is 0 Å². The fourth-order valence-electron chi connectivity index (χ4n) is 1.88.